The molecule has 2 aromatic carbocycles. The van der Waals surface area contributed by atoms with Gasteiger partial charge >= 0.3 is 0 Å². The first-order chi connectivity index (χ1) is 13.6. The monoisotopic (exact) mass is 392 g/mol. The molecule has 6 heteroatoms. The second-order valence-corrected chi connectivity index (χ2v) is 7.29. The number of ketones is 1. The summed E-state index contributed by atoms with van der Waals surface area (Å²) < 4.78 is 0. The topological polar surface area (TPSA) is 49.3 Å². The summed E-state index contributed by atoms with van der Waals surface area (Å²) in [6.07, 6.45) is 3.54. The predicted octanol–water partition coefficient (Wildman–Crippen LogP) is 4.33. The van der Waals surface area contributed by atoms with Crippen molar-refractivity contribution in [2.75, 3.05) is 36.0 Å². The first kappa shape index (κ1) is 18.4. The molecule has 1 aliphatic rings. The Balaban J connectivity index is 1.50. The van der Waals surface area contributed by atoms with Crippen LogP contribution in [0.3, 0.4) is 0 Å². The number of aromatic nitrogens is 2. The van der Waals surface area contributed by atoms with E-state index in [1.165, 1.54) is 0 Å². The van der Waals surface area contributed by atoms with Gasteiger partial charge in [0.05, 0.1) is 18.1 Å². The normalized spacial score (nSPS) is 14.2. The SMILES string of the molecule is CC(=O)c1cccc(-c2cncc(N3CCN(c4cccc(Cl)c4)CC3)n2)c1. The number of hydrogen-bond acceptors (Lipinski definition) is 5. The number of carbonyl (C=O) groups is 1. The van der Waals surface area contributed by atoms with Crippen molar-refractivity contribution in [1.29, 1.82) is 0 Å². The lowest BCUT2D eigenvalue weighted by Gasteiger charge is -2.36. The number of piperazine rings is 1. The van der Waals surface area contributed by atoms with Crippen LogP contribution in [0, 0.1) is 0 Å². The zero-order valence-electron chi connectivity index (χ0n) is 15.7. The molecule has 0 radical (unpaired) electrons. The van der Waals surface area contributed by atoms with E-state index in [4.69, 9.17) is 16.6 Å². The number of carbonyl (C=O) groups excluding carboxylic acids is 1. The second-order valence-electron chi connectivity index (χ2n) is 6.85. The van der Waals surface area contributed by atoms with Crippen molar-refractivity contribution in [3.8, 4) is 11.3 Å². The first-order valence-electron chi connectivity index (χ1n) is 9.29. The minimum absolute atomic E-state index is 0.0445. The van der Waals surface area contributed by atoms with E-state index in [-0.39, 0.29) is 5.78 Å². The molecule has 0 spiro atoms. The summed E-state index contributed by atoms with van der Waals surface area (Å²) in [5.74, 6) is 0.902. The maximum Gasteiger partial charge on any atom is 0.159 e. The molecule has 0 aliphatic carbocycles. The molecule has 0 amide bonds. The van der Waals surface area contributed by atoms with Gasteiger partial charge in [0, 0.05) is 48.0 Å². The summed E-state index contributed by atoms with van der Waals surface area (Å²) in [6, 6.07) is 15.5. The zero-order chi connectivity index (χ0) is 19.5. The summed E-state index contributed by atoms with van der Waals surface area (Å²) in [7, 11) is 0. The number of nitrogens with zero attached hydrogens (tertiary/aromatic N) is 4. The van der Waals surface area contributed by atoms with E-state index in [1.54, 1.807) is 19.3 Å². The molecular weight excluding hydrogens is 372 g/mol. The van der Waals surface area contributed by atoms with Crippen LogP contribution in [0.25, 0.3) is 11.3 Å². The van der Waals surface area contributed by atoms with Gasteiger partial charge in [0.15, 0.2) is 5.78 Å². The molecule has 3 aromatic rings. The summed E-state index contributed by atoms with van der Waals surface area (Å²) >= 11 is 6.12. The van der Waals surface area contributed by atoms with Gasteiger partial charge in [0.25, 0.3) is 0 Å². The lowest BCUT2D eigenvalue weighted by molar-refractivity contribution is 0.101. The molecule has 0 atom stereocenters. The molecule has 1 aromatic heterocycles. The number of benzene rings is 2. The van der Waals surface area contributed by atoms with Gasteiger partial charge in [-0.3, -0.25) is 9.78 Å². The molecule has 5 nitrogen and oxygen atoms in total. The molecule has 142 valence electrons. The van der Waals surface area contributed by atoms with Crippen LogP contribution < -0.4 is 9.80 Å². The fourth-order valence-electron chi connectivity index (χ4n) is 3.41. The lowest BCUT2D eigenvalue weighted by Crippen LogP contribution is -2.46. The highest BCUT2D eigenvalue weighted by molar-refractivity contribution is 6.30. The van der Waals surface area contributed by atoms with E-state index in [9.17, 15) is 4.79 Å². The van der Waals surface area contributed by atoms with Crippen LogP contribution in [0.4, 0.5) is 11.5 Å². The molecule has 1 fully saturated rings. The van der Waals surface area contributed by atoms with E-state index in [2.05, 4.69) is 20.9 Å². The molecule has 2 heterocycles. The third-order valence-corrected chi connectivity index (χ3v) is 5.20. The van der Waals surface area contributed by atoms with Crippen molar-refractivity contribution in [2.24, 2.45) is 0 Å². The number of anilines is 2. The van der Waals surface area contributed by atoms with Gasteiger partial charge in [-0.2, -0.15) is 0 Å². The maximum absolute atomic E-state index is 11.7. The Morgan fingerprint density at radius 2 is 1.71 bits per heavy atom. The van der Waals surface area contributed by atoms with Crippen molar-refractivity contribution in [2.45, 2.75) is 6.92 Å². The summed E-state index contributed by atoms with van der Waals surface area (Å²) in [5.41, 5.74) is 3.50. The average molecular weight is 393 g/mol. The molecule has 4 rings (SSSR count). The first-order valence-corrected chi connectivity index (χ1v) is 9.67. The Morgan fingerprint density at radius 3 is 2.46 bits per heavy atom. The molecule has 0 bridgehead atoms. The summed E-state index contributed by atoms with van der Waals surface area (Å²) in [6.45, 7) is 5.08. The van der Waals surface area contributed by atoms with Crippen LogP contribution in [0.2, 0.25) is 5.02 Å². The average Bonchev–Trinajstić information content (AvgIpc) is 2.74. The molecular formula is C22H21ClN4O. The van der Waals surface area contributed by atoms with Crippen molar-refractivity contribution in [1.82, 2.24) is 9.97 Å². The van der Waals surface area contributed by atoms with Crippen molar-refractivity contribution in [3.05, 3.63) is 71.5 Å². The van der Waals surface area contributed by atoms with Crippen molar-refractivity contribution < 1.29 is 4.79 Å². The Morgan fingerprint density at radius 1 is 0.964 bits per heavy atom. The number of Topliss-reactive ketones (excluding diaryl/α,β-unsaturated/α-hetero) is 1. The minimum atomic E-state index is 0.0445. The highest BCUT2D eigenvalue weighted by Crippen LogP contribution is 2.24. The molecule has 1 aliphatic heterocycles. The fourth-order valence-corrected chi connectivity index (χ4v) is 3.60. The van der Waals surface area contributed by atoms with E-state index in [0.29, 0.717) is 5.56 Å². The van der Waals surface area contributed by atoms with Gasteiger partial charge in [-0.05, 0) is 31.2 Å². The largest absolute Gasteiger partial charge is 0.368 e. The second kappa shape index (κ2) is 7.98. The van der Waals surface area contributed by atoms with Crippen molar-refractivity contribution >= 4 is 28.9 Å². The van der Waals surface area contributed by atoms with Crippen LogP contribution >= 0.6 is 11.6 Å². The van der Waals surface area contributed by atoms with Gasteiger partial charge in [-0.15, -0.1) is 0 Å². The molecule has 1 saturated heterocycles. The van der Waals surface area contributed by atoms with Gasteiger partial charge in [-0.1, -0.05) is 35.9 Å². The van der Waals surface area contributed by atoms with Gasteiger partial charge in [-0.25, -0.2) is 4.98 Å². The number of rotatable bonds is 4. The van der Waals surface area contributed by atoms with Crippen LogP contribution in [0.15, 0.2) is 60.9 Å². The van der Waals surface area contributed by atoms with Crippen LogP contribution in [0.1, 0.15) is 17.3 Å². The predicted molar refractivity (Wildman–Crippen MR) is 113 cm³/mol. The van der Waals surface area contributed by atoms with Gasteiger partial charge in [0.2, 0.25) is 0 Å². The minimum Gasteiger partial charge on any atom is -0.368 e. The Labute approximate surface area is 169 Å². The zero-order valence-corrected chi connectivity index (χ0v) is 16.4. The molecule has 0 saturated carbocycles. The summed E-state index contributed by atoms with van der Waals surface area (Å²) in [5, 5.41) is 0.756. The van der Waals surface area contributed by atoms with E-state index < -0.39 is 0 Å². The molecule has 0 unspecified atom stereocenters. The Kier molecular flexibility index (Phi) is 5.26. The molecule has 28 heavy (non-hydrogen) atoms. The van der Waals surface area contributed by atoms with Gasteiger partial charge < -0.3 is 9.80 Å². The third-order valence-electron chi connectivity index (χ3n) is 4.96. The van der Waals surface area contributed by atoms with Crippen LogP contribution in [-0.4, -0.2) is 41.9 Å². The van der Waals surface area contributed by atoms with E-state index >= 15 is 0 Å². The Hall–Kier alpha value is -2.92. The van der Waals surface area contributed by atoms with E-state index in [1.807, 2.05) is 42.5 Å². The number of hydrogen-bond donors (Lipinski definition) is 0. The standard InChI is InChI=1S/C22H21ClN4O/c1-16(28)17-4-2-5-18(12-17)21-14-24-15-22(25-21)27-10-8-26(9-11-27)20-7-3-6-19(23)13-20/h2-7,12-15H,8-11H2,1H3. The van der Waals surface area contributed by atoms with Crippen LogP contribution in [0.5, 0.6) is 0 Å². The maximum atomic E-state index is 11.7. The highest BCUT2D eigenvalue weighted by atomic mass is 35.5. The third kappa shape index (κ3) is 3.99. The fraction of sp³-hybridized carbons (Fsp3) is 0.227. The quantitative estimate of drug-likeness (QED) is 0.618. The van der Waals surface area contributed by atoms with E-state index in [0.717, 1.165) is 54.0 Å². The lowest BCUT2D eigenvalue weighted by atomic mass is 10.1. The highest BCUT2D eigenvalue weighted by Gasteiger charge is 2.19. The van der Waals surface area contributed by atoms with Crippen LogP contribution in [-0.2, 0) is 0 Å². The summed E-state index contributed by atoms with van der Waals surface area (Å²) in [4.78, 5) is 25.4. The van der Waals surface area contributed by atoms with Gasteiger partial charge in [0.1, 0.15) is 5.82 Å². The smallest absolute Gasteiger partial charge is 0.159 e. The molecule has 0 N–H and O–H groups in total. The number of halogens is 1. The Bertz CT molecular complexity index is 999. The van der Waals surface area contributed by atoms with Crippen molar-refractivity contribution in [3.63, 3.8) is 0 Å².